The summed E-state index contributed by atoms with van der Waals surface area (Å²) in [5.74, 6) is 0. The van der Waals surface area contributed by atoms with E-state index >= 15 is 0 Å². The third kappa shape index (κ3) is 1.65. The van der Waals surface area contributed by atoms with E-state index in [-0.39, 0.29) is 6.61 Å². The number of carbonyl (C=O) groups is 1. The molecule has 0 aromatic carbocycles. The van der Waals surface area contributed by atoms with Crippen LogP contribution in [0, 0.1) is 0 Å². The van der Waals surface area contributed by atoms with E-state index in [1.165, 1.54) is 6.08 Å². The van der Waals surface area contributed by atoms with Crippen molar-refractivity contribution in [3.05, 3.63) is 12.2 Å². The van der Waals surface area contributed by atoms with Gasteiger partial charge in [-0.25, -0.2) is 0 Å². The second kappa shape index (κ2) is 2.94. The van der Waals surface area contributed by atoms with Gasteiger partial charge in [0.05, 0.1) is 13.2 Å². The summed E-state index contributed by atoms with van der Waals surface area (Å²) in [5.41, 5.74) is -1.38. The molecule has 56 valence electrons. The molecule has 1 aliphatic rings. The van der Waals surface area contributed by atoms with Crippen molar-refractivity contribution in [1.29, 1.82) is 0 Å². The van der Waals surface area contributed by atoms with Gasteiger partial charge in [-0.3, -0.25) is 4.79 Å². The van der Waals surface area contributed by atoms with Crippen LogP contribution in [0.4, 0.5) is 0 Å². The lowest BCUT2D eigenvalue weighted by Crippen LogP contribution is -2.32. The molecule has 0 bridgehead atoms. The predicted molar refractivity (Wildman–Crippen MR) is 35.6 cm³/mol. The third-order valence-electron chi connectivity index (χ3n) is 1.37. The van der Waals surface area contributed by atoms with Crippen LogP contribution >= 0.6 is 0 Å². The Hall–Kier alpha value is -0.670. The Bertz CT molecular complexity index is 153. The average molecular weight is 142 g/mol. The summed E-state index contributed by atoms with van der Waals surface area (Å²) in [7, 11) is 0. The van der Waals surface area contributed by atoms with Gasteiger partial charge < -0.3 is 9.84 Å². The Balaban J connectivity index is 2.64. The standard InChI is InChI=1S/C7H10O3/c8-5-7(9)3-1-2-4-10-6-7/h1,3,5,9H,2,4,6H2. The minimum absolute atomic E-state index is 0.0764. The molecule has 0 fully saturated rings. The van der Waals surface area contributed by atoms with E-state index in [9.17, 15) is 9.90 Å². The predicted octanol–water partition coefficient (Wildman–Crippen LogP) is -0.107. The molecule has 0 saturated heterocycles. The fraction of sp³-hybridized carbons (Fsp3) is 0.571. The second-order valence-electron chi connectivity index (χ2n) is 2.35. The van der Waals surface area contributed by atoms with E-state index in [4.69, 9.17) is 4.74 Å². The molecule has 1 aliphatic heterocycles. The normalized spacial score (nSPS) is 33.3. The molecule has 0 saturated carbocycles. The van der Waals surface area contributed by atoms with Gasteiger partial charge in [-0.2, -0.15) is 0 Å². The summed E-state index contributed by atoms with van der Waals surface area (Å²) in [6.45, 7) is 0.652. The number of aliphatic hydroxyl groups is 1. The van der Waals surface area contributed by atoms with Crippen LogP contribution in [0.5, 0.6) is 0 Å². The summed E-state index contributed by atoms with van der Waals surface area (Å²) in [4.78, 5) is 10.3. The molecule has 1 atom stereocenters. The molecule has 1 heterocycles. The molecule has 0 radical (unpaired) electrons. The van der Waals surface area contributed by atoms with Crippen molar-refractivity contribution >= 4 is 6.29 Å². The highest BCUT2D eigenvalue weighted by Gasteiger charge is 2.23. The van der Waals surface area contributed by atoms with Crippen molar-refractivity contribution in [2.75, 3.05) is 13.2 Å². The summed E-state index contributed by atoms with van der Waals surface area (Å²) < 4.78 is 4.96. The van der Waals surface area contributed by atoms with Crippen LogP contribution in [0.2, 0.25) is 0 Å². The van der Waals surface area contributed by atoms with Crippen LogP contribution in [0.15, 0.2) is 12.2 Å². The maximum absolute atomic E-state index is 10.3. The Morgan fingerprint density at radius 2 is 2.50 bits per heavy atom. The lowest BCUT2D eigenvalue weighted by Gasteiger charge is -2.13. The van der Waals surface area contributed by atoms with E-state index in [0.717, 1.165) is 6.42 Å². The number of hydrogen-bond donors (Lipinski definition) is 1. The number of ether oxygens (including phenoxy) is 1. The van der Waals surface area contributed by atoms with Gasteiger partial charge in [0, 0.05) is 0 Å². The van der Waals surface area contributed by atoms with E-state index in [1.807, 2.05) is 0 Å². The summed E-state index contributed by atoms with van der Waals surface area (Å²) in [6, 6.07) is 0. The Morgan fingerprint density at radius 1 is 1.70 bits per heavy atom. The highest BCUT2D eigenvalue weighted by molar-refractivity contribution is 5.65. The maximum Gasteiger partial charge on any atom is 0.161 e. The van der Waals surface area contributed by atoms with Crippen LogP contribution < -0.4 is 0 Å². The number of hydrogen-bond acceptors (Lipinski definition) is 3. The molecule has 1 unspecified atom stereocenters. The van der Waals surface area contributed by atoms with Crippen molar-refractivity contribution in [2.24, 2.45) is 0 Å². The molecule has 0 spiro atoms. The van der Waals surface area contributed by atoms with Crippen LogP contribution in [-0.4, -0.2) is 30.2 Å². The number of rotatable bonds is 1. The summed E-state index contributed by atoms with van der Waals surface area (Å²) >= 11 is 0. The highest BCUT2D eigenvalue weighted by atomic mass is 16.5. The SMILES string of the molecule is O=CC1(O)C=CCCOC1. The van der Waals surface area contributed by atoms with Crippen LogP contribution in [0.1, 0.15) is 6.42 Å². The first-order chi connectivity index (χ1) is 4.77. The Morgan fingerprint density at radius 3 is 3.20 bits per heavy atom. The molecule has 3 heteroatoms. The minimum atomic E-state index is -1.38. The monoisotopic (exact) mass is 142 g/mol. The molecule has 0 amide bonds. The smallest absolute Gasteiger partial charge is 0.161 e. The lowest BCUT2D eigenvalue weighted by atomic mass is 10.1. The molecule has 0 aliphatic carbocycles. The maximum atomic E-state index is 10.3. The topological polar surface area (TPSA) is 46.5 Å². The van der Waals surface area contributed by atoms with Gasteiger partial charge in [0.25, 0.3) is 0 Å². The van der Waals surface area contributed by atoms with Crippen molar-refractivity contribution in [2.45, 2.75) is 12.0 Å². The van der Waals surface area contributed by atoms with Gasteiger partial charge in [0.2, 0.25) is 0 Å². The number of aldehydes is 1. The molecular weight excluding hydrogens is 132 g/mol. The van der Waals surface area contributed by atoms with Gasteiger partial charge in [0.1, 0.15) is 0 Å². The fourth-order valence-corrected chi connectivity index (χ4v) is 0.796. The summed E-state index contributed by atoms with van der Waals surface area (Å²) in [5, 5.41) is 9.28. The Kier molecular flexibility index (Phi) is 2.19. The Labute approximate surface area is 59.3 Å². The van der Waals surface area contributed by atoms with Gasteiger partial charge in [-0.05, 0) is 12.5 Å². The van der Waals surface area contributed by atoms with Gasteiger partial charge >= 0.3 is 0 Å². The highest BCUT2D eigenvalue weighted by Crippen LogP contribution is 2.08. The van der Waals surface area contributed by atoms with Crippen molar-refractivity contribution in [1.82, 2.24) is 0 Å². The van der Waals surface area contributed by atoms with Gasteiger partial charge in [0.15, 0.2) is 11.9 Å². The van der Waals surface area contributed by atoms with Crippen molar-refractivity contribution in [3.8, 4) is 0 Å². The largest absolute Gasteiger partial charge is 0.377 e. The molecule has 0 aromatic heterocycles. The fourth-order valence-electron chi connectivity index (χ4n) is 0.796. The van der Waals surface area contributed by atoms with Crippen LogP contribution in [0.3, 0.4) is 0 Å². The third-order valence-corrected chi connectivity index (χ3v) is 1.37. The van der Waals surface area contributed by atoms with Gasteiger partial charge in [-0.15, -0.1) is 0 Å². The van der Waals surface area contributed by atoms with E-state index in [0.29, 0.717) is 12.9 Å². The first-order valence-corrected chi connectivity index (χ1v) is 3.21. The molecule has 0 aromatic rings. The number of carbonyl (C=O) groups excluding carboxylic acids is 1. The first-order valence-electron chi connectivity index (χ1n) is 3.21. The minimum Gasteiger partial charge on any atom is -0.377 e. The zero-order valence-electron chi connectivity index (χ0n) is 5.62. The van der Waals surface area contributed by atoms with Crippen molar-refractivity contribution in [3.63, 3.8) is 0 Å². The molecular formula is C7H10O3. The zero-order valence-corrected chi connectivity index (χ0v) is 5.62. The van der Waals surface area contributed by atoms with Crippen molar-refractivity contribution < 1.29 is 14.6 Å². The second-order valence-corrected chi connectivity index (χ2v) is 2.35. The molecule has 1 rings (SSSR count). The average Bonchev–Trinajstić information content (AvgIpc) is 2.15. The lowest BCUT2D eigenvalue weighted by molar-refractivity contribution is -0.124. The molecule has 3 nitrogen and oxygen atoms in total. The molecule has 10 heavy (non-hydrogen) atoms. The first kappa shape index (κ1) is 7.44. The van der Waals surface area contributed by atoms with Gasteiger partial charge in [-0.1, -0.05) is 6.08 Å². The summed E-state index contributed by atoms with van der Waals surface area (Å²) in [6.07, 6.45) is 4.49. The van der Waals surface area contributed by atoms with Crippen LogP contribution in [-0.2, 0) is 9.53 Å². The van der Waals surface area contributed by atoms with E-state index < -0.39 is 5.60 Å². The molecule has 1 N–H and O–H groups in total. The van der Waals surface area contributed by atoms with E-state index in [2.05, 4.69) is 0 Å². The zero-order chi connectivity index (χ0) is 7.45. The van der Waals surface area contributed by atoms with Crippen LogP contribution in [0.25, 0.3) is 0 Å². The van der Waals surface area contributed by atoms with E-state index in [1.54, 1.807) is 6.08 Å². The quantitative estimate of drug-likeness (QED) is 0.410.